The highest BCUT2D eigenvalue weighted by atomic mass is 16.5. The number of hydrogen-bond donors (Lipinski definition) is 0. The van der Waals surface area contributed by atoms with Crippen molar-refractivity contribution < 1.29 is 9.53 Å². The minimum Gasteiger partial charge on any atom is -0.459 e. The largest absolute Gasteiger partial charge is 0.459 e. The van der Waals surface area contributed by atoms with Crippen molar-refractivity contribution in [3.8, 4) is 0 Å². The summed E-state index contributed by atoms with van der Waals surface area (Å²) in [6.45, 7) is 7.99. The number of unbranched alkanes of at least 4 members (excludes halogenated alkanes) is 1. The molecule has 1 saturated carbocycles. The zero-order valence-corrected chi connectivity index (χ0v) is 10.6. The monoisotopic (exact) mass is 224 g/mol. The average molecular weight is 224 g/mol. The zero-order valence-electron chi connectivity index (χ0n) is 10.6. The van der Waals surface area contributed by atoms with Crippen LogP contribution < -0.4 is 0 Å². The smallest absolute Gasteiger partial charge is 0.330 e. The third kappa shape index (κ3) is 3.99. The minimum atomic E-state index is -0.270. The van der Waals surface area contributed by atoms with Crippen LogP contribution in [0.5, 0.6) is 0 Å². The normalized spacial score (nSPS) is 29.8. The molecule has 2 nitrogen and oxygen atoms in total. The number of ether oxygens (including phenoxy) is 1. The van der Waals surface area contributed by atoms with Gasteiger partial charge < -0.3 is 4.74 Å². The van der Waals surface area contributed by atoms with Gasteiger partial charge in [-0.3, -0.25) is 0 Å². The number of carbonyl (C=O) groups is 1. The van der Waals surface area contributed by atoms with E-state index >= 15 is 0 Å². The molecule has 0 N–H and O–H groups in total. The van der Waals surface area contributed by atoms with Gasteiger partial charge in [0, 0.05) is 6.08 Å². The van der Waals surface area contributed by atoms with Crippen LogP contribution in [0.2, 0.25) is 0 Å². The summed E-state index contributed by atoms with van der Waals surface area (Å²) in [4.78, 5) is 11.1. The van der Waals surface area contributed by atoms with Gasteiger partial charge in [-0.1, -0.05) is 39.7 Å². The Morgan fingerprint density at radius 3 is 2.88 bits per heavy atom. The minimum absolute atomic E-state index is 0.128. The van der Waals surface area contributed by atoms with Crippen molar-refractivity contribution in [3.05, 3.63) is 12.7 Å². The molecule has 0 aliphatic heterocycles. The molecule has 0 saturated heterocycles. The van der Waals surface area contributed by atoms with Gasteiger partial charge in [-0.05, 0) is 31.1 Å². The summed E-state index contributed by atoms with van der Waals surface area (Å²) in [7, 11) is 0. The molecule has 92 valence electrons. The Morgan fingerprint density at radius 1 is 1.50 bits per heavy atom. The quantitative estimate of drug-likeness (QED) is 0.525. The van der Waals surface area contributed by atoms with E-state index in [1.54, 1.807) is 0 Å². The molecule has 0 bridgehead atoms. The first-order valence-electron chi connectivity index (χ1n) is 6.50. The Balaban J connectivity index is 2.40. The molecule has 1 rings (SSSR count). The molecule has 0 aromatic carbocycles. The van der Waals surface area contributed by atoms with Crippen molar-refractivity contribution in [1.82, 2.24) is 0 Å². The first-order chi connectivity index (χ1) is 7.67. The van der Waals surface area contributed by atoms with Crippen molar-refractivity contribution >= 4 is 5.97 Å². The fourth-order valence-electron chi connectivity index (χ4n) is 2.56. The molecule has 0 aromatic rings. The van der Waals surface area contributed by atoms with Crippen LogP contribution in [0.4, 0.5) is 0 Å². The topological polar surface area (TPSA) is 26.3 Å². The Bertz CT molecular complexity index is 235. The second-order valence-corrected chi connectivity index (χ2v) is 4.96. The lowest BCUT2D eigenvalue weighted by atomic mass is 9.76. The second kappa shape index (κ2) is 6.72. The summed E-state index contributed by atoms with van der Waals surface area (Å²) in [6.07, 6.45) is 8.45. The maximum absolute atomic E-state index is 11.1. The van der Waals surface area contributed by atoms with E-state index < -0.39 is 0 Å². The molecular formula is C14H24O2. The standard InChI is InChI=1S/C14H24O2/c1-4-6-7-12-10-13(9-8-11(12)3)16-14(15)5-2/h5,11-13H,2,4,6-10H2,1,3H3. The third-order valence-electron chi connectivity index (χ3n) is 3.69. The number of carbonyl (C=O) groups excluding carboxylic acids is 1. The van der Waals surface area contributed by atoms with Crippen LogP contribution in [0.1, 0.15) is 52.4 Å². The molecule has 1 aliphatic rings. The second-order valence-electron chi connectivity index (χ2n) is 4.96. The molecule has 0 aromatic heterocycles. The molecule has 0 radical (unpaired) electrons. The average Bonchev–Trinajstić information content (AvgIpc) is 2.29. The molecule has 3 unspecified atom stereocenters. The van der Waals surface area contributed by atoms with Crippen LogP contribution in [0, 0.1) is 11.8 Å². The maximum Gasteiger partial charge on any atom is 0.330 e. The van der Waals surface area contributed by atoms with E-state index in [2.05, 4.69) is 20.4 Å². The molecular weight excluding hydrogens is 200 g/mol. The molecule has 1 aliphatic carbocycles. The van der Waals surface area contributed by atoms with Crippen molar-refractivity contribution in [3.63, 3.8) is 0 Å². The van der Waals surface area contributed by atoms with Crippen molar-refractivity contribution in [2.75, 3.05) is 0 Å². The highest BCUT2D eigenvalue weighted by molar-refractivity contribution is 5.81. The Kier molecular flexibility index (Phi) is 5.58. The van der Waals surface area contributed by atoms with Crippen LogP contribution in [0.3, 0.4) is 0 Å². The molecule has 0 spiro atoms. The molecule has 2 heteroatoms. The Morgan fingerprint density at radius 2 is 2.25 bits per heavy atom. The summed E-state index contributed by atoms with van der Waals surface area (Å²) >= 11 is 0. The summed E-state index contributed by atoms with van der Waals surface area (Å²) in [5.41, 5.74) is 0. The summed E-state index contributed by atoms with van der Waals surface area (Å²) in [6, 6.07) is 0. The van der Waals surface area contributed by atoms with E-state index in [0.29, 0.717) is 0 Å². The highest BCUT2D eigenvalue weighted by Crippen LogP contribution is 2.34. The first-order valence-corrected chi connectivity index (χ1v) is 6.50. The summed E-state index contributed by atoms with van der Waals surface area (Å²) in [5, 5.41) is 0. The fraction of sp³-hybridized carbons (Fsp3) is 0.786. The highest BCUT2D eigenvalue weighted by Gasteiger charge is 2.28. The molecule has 16 heavy (non-hydrogen) atoms. The van der Waals surface area contributed by atoms with Gasteiger partial charge >= 0.3 is 5.97 Å². The molecule has 3 atom stereocenters. The van der Waals surface area contributed by atoms with Crippen LogP contribution in [-0.2, 0) is 9.53 Å². The van der Waals surface area contributed by atoms with E-state index in [1.807, 2.05) is 0 Å². The SMILES string of the molecule is C=CC(=O)OC1CCC(C)C(CCCC)C1. The lowest BCUT2D eigenvalue weighted by molar-refractivity contribution is -0.145. The van der Waals surface area contributed by atoms with Crippen molar-refractivity contribution in [2.24, 2.45) is 11.8 Å². The van der Waals surface area contributed by atoms with E-state index in [4.69, 9.17) is 4.74 Å². The molecule has 0 heterocycles. The summed E-state index contributed by atoms with van der Waals surface area (Å²) in [5.74, 6) is 1.25. The number of hydrogen-bond acceptors (Lipinski definition) is 2. The van der Waals surface area contributed by atoms with Gasteiger partial charge in [0.1, 0.15) is 6.10 Å². The van der Waals surface area contributed by atoms with E-state index in [1.165, 1.54) is 31.8 Å². The Hall–Kier alpha value is -0.790. The maximum atomic E-state index is 11.1. The van der Waals surface area contributed by atoms with Gasteiger partial charge in [-0.2, -0.15) is 0 Å². The number of esters is 1. The van der Waals surface area contributed by atoms with Crippen LogP contribution >= 0.6 is 0 Å². The van der Waals surface area contributed by atoms with Gasteiger partial charge in [0.25, 0.3) is 0 Å². The predicted octanol–water partition coefficient (Wildman–Crippen LogP) is 3.71. The van der Waals surface area contributed by atoms with Crippen LogP contribution in [0.25, 0.3) is 0 Å². The van der Waals surface area contributed by atoms with Gasteiger partial charge in [0.05, 0.1) is 0 Å². The van der Waals surface area contributed by atoms with E-state index in [0.717, 1.165) is 24.7 Å². The van der Waals surface area contributed by atoms with Crippen LogP contribution in [-0.4, -0.2) is 12.1 Å². The fourth-order valence-corrected chi connectivity index (χ4v) is 2.56. The van der Waals surface area contributed by atoms with Gasteiger partial charge in [0.2, 0.25) is 0 Å². The van der Waals surface area contributed by atoms with Gasteiger partial charge in [0.15, 0.2) is 0 Å². The van der Waals surface area contributed by atoms with Crippen molar-refractivity contribution in [2.45, 2.75) is 58.5 Å². The van der Waals surface area contributed by atoms with E-state index in [9.17, 15) is 4.79 Å². The van der Waals surface area contributed by atoms with E-state index in [-0.39, 0.29) is 12.1 Å². The van der Waals surface area contributed by atoms with Gasteiger partial charge in [-0.25, -0.2) is 4.79 Å². The lowest BCUT2D eigenvalue weighted by Gasteiger charge is -2.33. The predicted molar refractivity (Wildman–Crippen MR) is 66.1 cm³/mol. The first kappa shape index (κ1) is 13.3. The summed E-state index contributed by atoms with van der Waals surface area (Å²) < 4.78 is 5.34. The lowest BCUT2D eigenvalue weighted by Crippen LogP contribution is -2.29. The van der Waals surface area contributed by atoms with Crippen LogP contribution in [0.15, 0.2) is 12.7 Å². The number of rotatable bonds is 5. The third-order valence-corrected chi connectivity index (χ3v) is 3.69. The molecule has 1 fully saturated rings. The van der Waals surface area contributed by atoms with Gasteiger partial charge in [-0.15, -0.1) is 0 Å². The Labute approximate surface area is 99.1 Å². The van der Waals surface area contributed by atoms with Crippen molar-refractivity contribution in [1.29, 1.82) is 0 Å². The zero-order chi connectivity index (χ0) is 12.0. The molecule has 0 amide bonds.